The molecule has 0 aliphatic rings. The first kappa shape index (κ1) is 18.4. The highest BCUT2D eigenvalue weighted by atomic mass is 79.9. The summed E-state index contributed by atoms with van der Waals surface area (Å²) in [6.07, 6.45) is 0. The number of benzene rings is 2. The van der Waals surface area contributed by atoms with E-state index in [0.717, 1.165) is 0 Å². The molecule has 0 heterocycles. The SMILES string of the molecule is COC(=O)c1cccc(C(c2ccccc2Br)S(=O)(=O)O)c1OC. The Morgan fingerprint density at radius 3 is 2.25 bits per heavy atom. The Bertz CT molecular complexity index is 863. The lowest BCUT2D eigenvalue weighted by atomic mass is 10.0. The molecule has 6 nitrogen and oxygen atoms in total. The van der Waals surface area contributed by atoms with Gasteiger partial charge in [-0.1, -0.05) is 46.3 Å². The van der Waals surface area contributed by atoms with E-state index in [1.54, 1.807) is 24.3 Å². The van der Waals surface area contributed by atoms with Crippen LogP contribution < -0.4 is 4.74 Å². The molecule has 0 amide bonds. The van der Waals surface area contributed by atoms with Crippen LogP contribution in [0.15, 0.2) is 46.9 Å². The summed E-state index contributed by atoms with van der Waals surface area (Å²) in [5.74, 6) is -0.641. The molecule has 128 valence electrons. The average molecular weight is 415 g/mol. The fourth-order valence-corrected chi connectivity index (χ4v) is 4.13. The van der Waals surface area contributed by atoms with Gasteiger partial charge in [-0.3, -0.25) is 4.55 Å². The molecule has 0 bridgehead atoms. The number of hydrogen-bond acceptors (Lipinski definition) is 5. The number of carbonyl (C=O) groups is 1. The van der Waals surface area contributed by atoms with Crippen molar-refractivity contribution in [1.82, 2.24) is 0 Å². The third-order valence-corrected chi connectivity index (χ3v) is 5.25. The first-order valence-electron chi connectivity index (χ1n) is 6.77. The van der Waals surface area contributed by atoms with Crippen molar-refractivity contribution in [3.8, 4) is 5.75 Å². The monoisotopic (exact) mass is 414 g/mol. The molecule has 0 saturated heterocycles. The Balaban J connectivity index is 2.78. The van der Waals surface area contributed by atoms with Gasteiger partial charge in [0.1, 0.15) is 16.6 Å². The number of rotatable bonds is 5. The Hall–Kier alpha value is -1.90. The predicted molar refractivity (Wildman–Crippen MR) is 91.9 cm³/mol. The maximum absolute atomic E-state index is 12.1. The van der Waals surface area contributed by atoms with Gasteiger partial charge in [0.2, 0.25) is 0 Å². The van der Waals surface area contributed by atoms with Crippen molar-refractivity contribution in [2.24, 2.45) is 0 Å². The van der Waals surface area contributed by atoms with E-state index in [0.29, 0.717) is 10.0 Å². The summed E-state index contributed by atoms with van der Waals surface area (Å²) in [7, 11) is -2.01. The number of hydrogen-bond donors (Lipinski definition) is 1. The summed E-state index contributed by atoms with van der Waals surface area (Å²) >= 11 is 3.29. The van der Waals surface area contributed by atoms with Gasteiger partial charge in [0.25, 0.3) is 10.1 Å². The summed E-state index contributed by atoms with van der Waals surface area (Å²) < 4.78 is 44.4. The summed E-state index contributed by atoms with van der Waals surface area (Å²) in [6, 6.07) is 11.0. The minimum absolute atomic E-state index is 0.0303. The second-order valence-corrected chi connectivity index (χ2v) is 7.19. The lowest BCUT2D eigenvalue weighted by molar-refractivity contribution is 0.0597. The highest BCUT2D eigenvalue weighted by Gasteiger charge is 2.33. The standard InChI is InChI=1S/C16H15BrO6S/c1-22-14-11(7-5-8-12(14)16(18)23-2)15(24(19,20)21)10-6-3-4-9-13(10)17/h3-9,15H,1-2H3,(H,19,20,21). The fourth-order valence-electron chi connectivity index (χ4n) is 2.44. The molecular weight excluding hydrogens is 400 g/mol. The van der Waals surface area contributed by atoms with Crippen LogP contribution in [0.1, 0.15) is 26.7 Å². The summed E-state index contributed by atoms with van der Waals surface area (Å²) in [4.78, 5) is 11.9. The molecule has 24 heavy (non-hydrogen) atoms. The Labute approximate surface area is 148 Å². The molecule has 0 aliphatic carbocycles. The van der Waals surface area contributed by atoms with E-state index >= 15 is 0 Å². The predicted octanol–water partition coefficient (Wildman–Crippen LogP) is 3.22. The van der Waals surface area contributed by atoms with E-state index in [2.05, 4.69) is 20.7 Å². The summed E-state index contributed by atoms with van der Waals surface area (Å²) in [6.45, 7) is 0. The molecular formula is C16H15BrO6S. The molecule has 0 fully saturated rings. The molecule has 2 rings (SSSR count). The first-order valence-corrected chi connectivity index (χ1v) is 9.06. The molecule has 2 aromatic carbocycles. The zero-order valence-electron chi connectivity index (χ0n) is 12.9. The van der Waals surface area contributed by atoms with E-state index in [4.69, 9.17) is 4.74 Å². The largest absolute Gasteiger partial charge is 0.496 e. The second-order valence-electron chi connectivity index (χ2n) is 4.84. The van der Waals surface area contributed by atoms with Gasteiger partial charge in [-0.25, -0.2) is 4.79 Å². The highest BCUT2D eigenvalue weighted by Crippen LogP contribution is 2.40. The van der Waals surface area contributed by atoms with E-state index < -0.39 is 21.3 Å². The summed E-state index contributed by atoms with van der Waals surface area (Å²) in [5.41, 5.74) is 0.522. The first-order chi connectivity index (χ1) is 11.3. The quantitative estimate of drug-likeness (QED) is 0.596. The van der Waals surface area contributed by atoms with Gasteiger partial charge < -0.3 is 9.47 Å². The number of para-hydroxylation sites is 1. The molecule has 0 radical (unpaired) electrons. The summed E-state index contributed by atoms with van der Waals surface area (Å²) in [5, 5.41) is -1.42. The maximum atomic E-state index is 12.1. The van der Waals surface area contributed by atoms with Crippen molar-refractivity contribution >= 4 is 32.0 Å². The van der Waals surface area contributed by atoms with Crippen molar-refractivity contribution in [1.29, 1.82) is 0 Å². The van der Waals surface area contributed by atoms with Gasteiger partial charge in [0.15, 0.2) is 0 Å². The number of halogens is 1. The van der Waals surface area contributed by atoms with Crippen LogP contribution in [0.4, 0.5) is 0 Å². The van der Waals surface area contributed by atoms with Gasteiger partial charge >= 0.3 is 5.97 Å². The minimum Gasteiger partial charge on any atom is -0.496 e. The maximum Gasteiger partial charge on any atom is 0.341 e. The fraction of sp³-hybridized carbons (Fsp3) is 0.188. The number of methoxy groups -OCH3 is 2. The van der Waals surface area contributed by atoms with Crippen molar-refractivity contribution in [3.05, 3.63) is 63.6 Å². The normalized spacial score (nSPS) is 12.5. The lowest BCUT2D eigenvalue weighted by Gasteiger charge is -2.20. The Morgan fingerprint density at radius 1 is 1.08 bits per heavy atom. The van der Waals surface area contributed by atoms with Crippen LogP contribution in [0.25, 0.3) is 0 Å². The van der Waals surface area contributed by atoms with Crippen LogP contribution in [-0.4, -0.2) is 33.2 Å². The van der Waals surface area contributed by atoms with Gasteiger partial charge in [-0.05, 0) is 17.7 Å². The molecule has 1 N–H and O–H groups in total. The molecule has 1 unspecified atom stereocenters. The van der Waals surface area contributed by atoms with E-state index in [9.17, 15) is 17.8 Å². The smallest absolute Gasteiger partial charge is 0.341 e. The van der Waals surface area contributed by atoms with Crippen LogP contribution in [0, 0.1) is 0 Å². The van der Waals surface area contributed by atoms with Crippen molar-refractivity contribution in [2.75, 3.05) is 14.2 Å². The van der Waals surface area contributed by atoms with Gasteiger partial charge in [0.05, 0.1) is 14.2 Å². The number of carbonyl (C=O) groups excluding carboxylic acids is 1. The molecule has 0 aromatic heterocycles. The van der Waals surface area contributed by atoms with Crippen molar-refractivity contribution in [2.45, 2.75) is 5.25 Å². The van der Waals surface area contributed by atoms with Crippen LogP contribution in [0.2, 0.25) is 0 Å². The lowest BCUT2D eigenvalue weighted by Crippen LogP contribution is -2.17. The van der Waals surface area contributed by atoms with Crippen molar-refractivity contribution in [3.63, 3.8) is 0 Å². The van der Waals surface area contributed by atoms with Crippen molar-refractivity contribution < 1.29 is 27.2 Å². The van der Waals surface area contributed by atoms with Gasteiger partial charge in [-0.2, -0.15) is 8.42 Å². The molecule has 0 saturated carbocycles. The Kier molecular flexibility index (Phi) is 5.63. The average Bonchev–Trinajstić information content (AvgIpc) is 2.54. The topological polar surface area (TPSA) is 89.9 Å². The third kappa shape index (κ3) is 3.61. The van der Waals surface area contributed by atoms with Crippen LogP contribution in [-0.2, 0) is 14.9 Å². The molecule has 1 atom stereocenters. The molecule has 2 aromatic rings. The molecule has 8 heteroatoms. The van der Waals surface area contributed by atoms with E-state index in [-0.39, 0.29) is 16.9 Å². The number of ether oxygens (including phenoxy) is 2. The Morgan fingerprint density at radius 2 is 1.71 bits per heavy atom. The van der Waals surface area contributed by atoms with Gasteiger partial charge in [0, 0.05) is 10.0 Å². The van der Waals surface area contributed by atoms with Crippen LogP contribution in [0.5, 0.6) is 5.75 Å². The van der Waals surface area contributed by atoms with Crippen LogP contribution in [0.3, 0.4) is 0 Å². The number of esters is 1. The van der Waals surface area contributed by atoms with Gasteiger partial charge in [-0.15, -0.1) is 0 Å². The zero-order chi connectivity index (χ0) is 17.9. The highest BCUT2D eigenvalue weighted by molar-refractivity contribution is 9.10. The third-order valence-electron chi connectivity index (χ3n) is 3.42. The van der Waals surface area contributed by atoms with Crippen LogP contribution >= 0.6 is 15.9 Å². The minimum atomic E-state index is -4.54. The zero-order valence-corrected chi connectivity index (χ0v) is 15.3. The second kappa shape index (κ2) is 7.33. The molecule has 0 spiro atoms. The van der Waals surface area contributed by atoms with E-state index in [1.807, 2.05) is 0 Å². The molecule has 0 aliphatic heterocycles. The van der Waals surface area contributed by atoms with E-state index in [1.165, 1.54) is 32.4 Å².